The molecule has 3 heteroatoms. The Hall–Kier alpha value is -0.380. The van der Waals surface area contributed by atoms with E-state index in [-0.39, 0.29) is 0 Å². The lowest BCUT2D eigenvalue weighted by atomic mass is 9.84. The van der Waals surface area contributed by atoms with Crippen LogP contribution in [0.3, 0.4) is 0 Å². The van der Waals surface area contributed by atoms with E-state index in [1.165, 1.54) is 37.4 Å². The molecule has 1 unspecified atom stereocenters. The van der Waals surface area contributed by atoms with Gasteiger partial charge in [0.2, 0.25) is 0 Å². The highest BCUT2D eigenvalue weighted by Crippen LogP contribution is 2.28. The van der Waals surface area contributed by atoms with Gasteiger partial charge in [0.15, 0.2) is 0 Å². The van der Waals surface area contributed by atoms with Crippen LogP contribution in [-0.2, 0) is 0 Å². The summed E-state index contributed by atoms with van der Waals surface area (Å²) in [6.45, 7) is 11.8. The minimum absolute atomic E-state index is 0.489. The molecule has 0 amide bonds. The van der Waals surface area contributed by atoms with Crippen molar-refractivity contribution < 1.29 is 0 Å². The molecule has 1 N–H and O–H groups in total. The molecule has 0 bridgehead atoms. The van der Waals surface area contributed by atoms with Crippen LogP contribution in [0.1, 0.15) is 44.5 Å². The van der Waals surface area contributed by atoms with E-state index < -0.39 is 0 Å². The van der Waals surface area contributed by atoms with Gasteiger partial charge in [-0.15, -0.1) is 11.3 Å². The van der Waals surface area contributed by atoms with Gasteiger partial charge in [0.25, 0.3) is 0 Å². The summed E-state index contributed by atoms with van der Waals surface area (Å²) in [5, 5.41) is 5.78. The zero-order chi connectivity index (χ0) is 13.0. The summed E-state index contributed by atoms with van der Waals surface area (Å²) in [5.41, 5.74) is 0.512. The van der Waals surface area contributed by atoms with Crippen LogP contribution in [0.4, 0.5) is 0 Å². The molecule has 0 saturated carbocycles. The van der Waals surface area contributed by atoms with E-state index in [2.05, 4.69) is 48.5 Å². The van der Waals surface area contributed by atoms with Crippen molar-refractivity contribution in [3.8, 4) is 0 Å². The molecule has 0 aromatic carbocycles. The average Bonchev–Trinajstić information content (AvgIpc) is 2.81. The molecule has 2 rings (SSSR count). The predicted octanol–water partition coefficient (Wildman–Crippen LogP) is 3.52. The predicted molar refractivity (Wildman–Crippen MR) is 80.2 cm³/mol. The fraction of sp³-hybridized carbons (Fsp3) is 0.733. The summed E-state index contributed by atoms with van der Waals surface area (Å²) in [4.78, 5) is 4.05. The van der Waals surface area contributed by atoms with Crippen molar-refractivity contribution in [2.75, 3.05) is 26.2 Å². The summed E-state index contributed by atoms with van der Waals surface area (Å²) >= 11 is 1.84. The third-order valence-corrected chi connectivity index (χ3v) is 4.88. The quantitative estimate of drug-likeness (QED) is 0.877. The zero-order valence-corrected chi connectivity index (χ0v) is 12.7. The summed E-state index contributed by atoms with van der Waals surface area (Å²) in [6, 6.07) is 4.83. The summed E-state index contributed by atoms with van der Waals surface area (Å²) < 4.78 is 0. The molecule has 1 aromatic heterocycles. The van der Waals surface area contributed by atoms with E-state index in [1.807, 2.05) is 11.3 Å². The number of hydrogen-bond acceptors (Lipinski definition) is 3. The Morgan fingerprint density at radius 3 is 3.00 bits per heavy atom. The van der Waals surface area contributed by atoms with Gasteiger partial charge in [-0.1, -0.05) is 19.9 Å². The first-order chi connectivity index (χ1) is 8.57. The van der Waals surface area contributed by atoms with Crippen molar-refractivity contribution in [1.29, 1.82) is 0 Å². The van der Waals surface area contributed by atoms with Gasteiger partial charge < -0.3 is 10.2 Å². The first-order valence-corrected chi connectivity index (χ1v) is 7.94. The van der Waals surface area contributed by atoms with Crippen LogP contribution < -0.4 is 5.32 Å². The Kier molecular flexibility index (Phi) is 4.82. The smallest absolute Gasteiger partial charge is 0.0386 e. The third-order valence-electron chi connectivity index (χ3n) is 3.83. The molecule has 18 heavy (non-hydrogen) atoms. The van der Waals surface area contributed by atoms with Crippen molar-refractivity contribution in [2.24, 2.45) is 5.41 Å². The Morgan fingerprint density at radius 2 is 2.33 bits per heavy atom. The maximum absolute atomic E-state index is 3.63. The minimum Gasteiger partial charge on any atom is -0.308 e. The fourth-order valence-electron chi connectivity index (χ4n) is 2.81. The topological polar surface area (TPSA) is 15.3 Å². The van der Waals surface area contributed by atoms with Crippen molar-refractivity contribution in [3.63, 3.8) is 0 Å². The van der Waals surface area contributed by atoms with Gasteiger partial charge in [0.1, 0.15) is 0 Å². The third kappa shape index (κ3) is 4.08. The van der Waals surface area contributed by atoms with Gasteiger partial charge in [-0.05, 0) is 43.2 Å². The SMILES string of the molecule is CC(NCCN1CCCC(C)(C)C1)c1cccs1. The maximum atomic E-state index is 3.63. The van der Waals surface area contributed by atoms with E-state index >= 15 is 0 Å². The van der Waals surface area contributed by atoms with Gasteiger partial charge in [-0.3, -0.25) is 0 Å². The lowest BCUT2D eigenvalue weighted by Gasteiger charge is -2.38. The van der Waals surface area contributed by atoms with Crippen LogP contribution in [-0.4, -0.2) is 31.1 Å². The highest BCUT2D eigenvalue weighted by Gasteiger charge is 2.25. The van der Waals surface area contributed by atoms with E-state index in [1.54, 1.807) is 0 Å². The van der Waals surface area contributed by atoms with Gasteiger partial charge in [0.05, 0.1) is 0 Å². The van der Waals surface area contributed by atoms with Crippen LogP contribution in [0.15, 0.2) is 17.5 Å². The molecule has 2 nitrogen and oxygen atoms in total. The molecule has 1 saturated heterocycles. The number of nitrogens with one attached hydrogen (secondary N) is 1. The second kappa shape index (κ2) is 6.18. The van der Waals surface area contributed by atoms with Gasteiger partial charge in [-0.2, -0.15) is 0 Å². The molecule has 0 spiro atoms. The zero-order valence-electron chi connectivity index (χ0n) is 11.9. The molecule has 2 heterocycles. The van der Waals surface area contributed by atoms with Crippen LogP contribution in [0.5, 0.6) is 0 Å². The Bertz CT molecular complexity index is 345. The molecule has 1 atom stereocenters. The highest BCUT2D eigenvalue weighted by atomic mass is 32.1. The Labute approximate surface area is 115 Å². The molecule has 1 fully saturated rings. The van der Waals surface area contributed by atoms with Crippen LogP contribution in [0.2, 0.25) is 0 Å². The summed E-state index contributed by atoms with van der Waals surface area (Å²) in [6.07, 6.45) is 2.73. The first kappa shape index (κ1) is 14.0. The van der Waals surface area contributed by atoms with E-state index in [4.69, 9.17) is 0 Å². The van der Waals surface area contributed by atoms with Gasteiger partial charge >= 0.3 is 0 Å². The normalized spacial score (nSPS) is 21.9. The summed E-state index contributed by atoms with van der Waals surface area (Å²) in [5.74, 6) is 0. The number of likely N-dealkylation sites (tertiary alicyclic amines) is 1. The monoisotopic (exact) mass is 266 g/mol. The fourth-order valence-corrected chi connectivity index (χ4v) is 3.57. The first-order valence-electron chi connectivity index (χ1n) is 7.06. The van der Waals surface area contributed by atoms with Crippen molar-refractivity contribution in [2.45, 2.75) is 39.7 Å². The molecule has 1 aliphatic rings. The van der Waals surface area contributed by atoms with Crippen LogP contribution >= 0.6 is 11.3 Å². The molecule has 0 radical (unpaired) electrons. The second-order valence-electron chi connectivity index (χ2n) is 6.24. The van der Waals surface area contributed by atoms with E-state index in [9.17, 15) is 0 Å². The van der Waals surface area contributed by atoms with Crippen LogP contribution in [0.25, 0.3) is 0 Å². The molecule has 102 valence electrons. The van der Waals surface area contributed by atoms with Crippen molar-refractivity contribution in [3.05, 3.63) is 22.4 Å². The average molecular weight is 266 g/mol. The lowest BCUT2D eigenvalue weighted by molar-refractivity contribution is 0.118. The second-order valence-corrected chi connectivity index (χ2v) is 7.21. The Morgan fingerprint density at radius 1 is 1.50 bits per heavy atom. The molecule has 0 aliphatic carbocycles. The molecule has 1 aromatic rings. The van der Waals surface area contributed by atoms with Crippen LogP contribution in [0, 0.1) is 5.41 Å². The maximum Gasteiger partial charge on any atom is 0.0386 e. The number of thiophene rings is 1. The van der Waals surface area contributed by atoms with Gasteiger partial charge in [-0.25, -0.2) is 0 Å². The molecular weight excluding hydrogens is 240 g/mol. The molecule has 1 aliphatic heterocycles. The van der Waals surface area contributed by atoms with E-state index in [0.717, 1.165) is 6.54 Å². The number of hydrogen-bond donors (Lipinski definition) is 1. The summed E-state index contributed by atoms with van der Waals surface area (Å²) in [7, 11) is 0. The van der Waals surface area contributed by atoms with E-state index in [0.29, 0.717) is 11.5 Å². The van der Waals surface area contributed by atoms with Crippen molar-refractivity contribution >= 4 is 11.3 Å². The highest BCUT2D eigenvalue weighted by molar-refractivity contribution is 7.10. The largest absolute Gasteiger partial charge is 0.308 e. The lowest BCUT2D eigenvalue weighted by Crippen LogP contribution is -2.43. The van der Waals surface area contributed by atoms with Gasteiger partial charge in [0, 0.05) is 30.6 Å². The number of rotatable bonds is 5. The Balaban J connectivity index is 1.69. The standard InChI is InChI=1S/C15H26N2S/c1-13(14-6-4-11-18-14)16-8-10-17-9-5-7-15(2,3)12-17/h4,6,11,13,16H,5,7-10,12H2,1-3H3. The minimum atomic E-state index is 0.489. The number of piperidine rings is 1. The number of nitrogens with zero attached hydrogens (tertiary/aromatic N) is 1. The molecular formula is C15H26N2S. The van der Waals surface area contributed by atoms with Crippen molar-refractivity contribution in [1.82, 2.24) is 10.2 Å².